The van der Waals surface area contributed by atoms with Crippen LogP contribution in [-0.2, 0) is 20.9 Å². The summed E-state index contributed by atoms with van der Waals surface area (Å²) in [6.07, 6.45) is 1.77. The van der Waals surface area contributed by atoms with Crippen LogP contribution in [0.25, 0.3) is 0 Å². The van der Waals surface area contributed by atoms with E-state index in [9.17, 15) is 9.59 Å². The lowest BCUT2D eigenvalue weighted by atomic mass is 10.1. The van der Waals surface area contributed by atoms with Gasteiger partial charge in [0.15, 0.2) is 0 Å². The third-order valence-corrected chi connectivity index (χ3v) is 4.07. The van der Waals surface area contributed by atoms with Crippen molar-refractivity contribution in [3.8, 4) is 0 Å². The molecule has 0 saturated carbocycles. The van der Waals surface area contributed by atoms with Crippen molar-refractivity contribution in [1.29, 1.82) is 0 Å². The van der Waals surface area contributed by atoms with Gasteiger partial charge in [0.2, 0.25) is 0 Å². The number of benzene rings is 1. The molecule has 0 aromatic heterocycles. The first-order valence-electron chi connectivity index (χ1n) is 8.53. The number of nitrogens with zero attached hydrogens (tertiary/aromatic N) is 1. The summed E-state index contributed by atoms with van der Waals surface area (Å²) in [5.74, 6) is -0.360. The lowest BCUT2D eigenvalue weighted by molar-refractivity contribution is -0.150. The molecule has 2 atom stereocenters. The van der Waals surface area contributed by atoms with E-state index in [0.717, 1.165) is 18.4 Å². The molecular formula is C19H27NO4. The van der Waals surface area contributed by atoms with Gasteiger partial charge in [-0.15, -0.1) is 0 Å². The summed E-state index contributed by atoms with van der Waals surface area (Å²) in [6, 6.07) is 8.99. The lowest BCUT2D eigenvalue weighted by Gasteiger charge is -2.31. The zero-order chi connectivity index (χ0) is 17.7. The highest BCUT2D eigenvalue weighted by atomic mass is 16.6. The minimum Gasteiger partial charge on any atom is -0.459 e. The minimum absolute atomic E-state index is 0.0223. The molecule has 5 heteroatoms. The first kappa shape index (κ1) is 18.3. The molecule has 1 fully saturated rings. The van der Waals surface area contributed by atoms with Crippen molar-refractivity contribution in [2.45, 2.75) is 71.2 Å². The second-order valence-electron chi connectivity index (χ2n) is 7.14. The number of ether oxygens (including phenoxy) is 2. The van der Waals surface area contributed by atoms with Gasteiger partial charge in [0.25, 0.3) is 0 Å². The van der Waals surface area contributed by atoms with Crippen LogP contribution in [-0.4, -0.2) is 34.6 Å². The molecule has 1 aromatic carbocycles. The molecule has 0 unspecified atom stereocenters. The Morgan fingerprint density at radius 1 is 1.17 bits per heavy atom. The predicted molar refractivity (Wildman–Crippen MR) is 91.4 cm³/mol. The Hall–Kier alpha value is -2.04. The summed E-state index contributed by atoms with van der Waals surface area (Å²) < 4.78 is 10.9. The van der Waals surface area contributed by atoms with Crippen molar-refractivity contribution >= 4 is 12.1 Å². The number of rotatable bonds is 4. The first-order valence-corrected chi connectivity index (χ1v) is 8.53. The SMILES string of the molecule is CC[C@@H]1CC[C@H](C(=O)OCc2ccccc2)N1C(=O)OC(C)(C)C. The maximum absolute atomic E-state index is 12.5. The summed E-state index contributed by atoms with van der Waals surface area (Å²) in [7, 11) is 0. The Morgan fingerprint density at radius 2 is 1.83 bits per heavy atom. The maximum Gasteiger partial charge on any atom is 0.411 e. The van der Waals surface area contributed by atoms with Crippen LogP contribution in [0.5, 0.6) is 0 Å². The average molecular weight is 333 g/mol. The number of esters is 1. The molecule has 0 radical (unpaired) electrons. The Kier molecular flexibility index (Phi) is 5.86. The summed E-state index contributed by atoms with van der Waals surface area (Å²) in [4.78, 5) is 26.6. The molecule has 2 rings (SSSR count). The van der Waals surface area contributed by atoms with Gasteiger partial charge in [0.05, 0.1) is 0 Å². The predicted octanol–water partition coefficient (Wildman–Crippen LogP) is 3.91. The summed E-state index contributed by atoms with van der Waals surface area (Å²) >= 11 is 0. The Bertz CT molecular complexity index is 564. The van der Waals surface area contributed by atoms with Crippen LogP contribution in [0, 0.1) is 0 Å². The van der Waals surface area contributed by atoms with E-state index < -0.39 is 17.7 Å². The van der Waals surface area contributed by atoms with Gasteiger partial charge in [-0.3, -0.25) is 4.90 Å². The van der Waals surface area contributed by atoms with Crippen LogP contribution in [0.3, 0.4) is 0 Å². The molecule has 24 heavy (non-hydrogen) atoms. The first-order chi connectivity index (χ1) is 11.3. The van der Waals surface area contributed by atoms with Crippen LogP contribution in [0.4, 0.5) is 4.79 Å². The number of hydrogen-bond acceptors (Lipinski definition) is 4. The van der Waals surface area contributed by atoms with Crippen molar-refractivity contribution < 1.29 is 19.1 Å². The molecule has 0 bridgehead atoms. The summed E-state index contributed by atoms with van der Waals surface area (Å²) in [6.45, 7) is 7.70. The molecule has 1 heterocycles. The zero-order valence-electron chi connectivity index (χ0n) is 15.0. The monoisotopic (exact) mass is 333 g/mol. The summed E-state index contributed by atoms with van der Waals surface area (Å²) in [5, 5.41) is 0. The third kappa shape index (κ3) is 4.73. The Labute approximate surface area is 143 Å². The largest absolute Gasteiger partial charge is 0.459 e. The van der Waals surface area contributed by atoms with E-state index in [1.54, 1.807) is 4.90 Å². The fourth-order valence-corrected chi connectivity index (χ4v) is 2.93. The molecule has 1 amide bonds. The van der Waals surface area contributed by atoms with Gasteiger partial charge in [-0.2, -0.15) is 0 Å². The van der Waals surface area contributed by atoms with E-state index in [-0.39, 0.29) is 18.6 Å². The number of amides is 1. The average Bonchev–Trinajstić information content (AvgIpc) is 2.96. The van der Waals surface area contributed by atoms with Crippen LogP contribution < -0.4 is 0 Å². The van der Waals surface area contributed by atoms with Crippen LogP contribution in [0.15, 0.2) is 30.3 Å². The number of carbonyl (C=O) groups excluding carboxylic acids is 2. The fraction of sp³-hybridized carbons (Fsp3) is 0.579. The summed E-state index contributed by atoms with van der Waals surface area (Å²) in [5.41, 5.74) is 0.343. The molecule has 0 spiro atoms. The Morgan fingerprint density at radius 3 is 2.42 bits per heavy atom. The standard InChI is InChI=1S/C19H27NO4/c1-5-15-11-12-16(20(15)18(22)24-19(2,3)4)17(21)23-13-14-9-7-6-8-10-14/h6-10,15-16H,5,11-13H2,1-4H3/t15-,16-/m1/s1. The van der Waals surface area contributed by atoms with E-state index in [4.69, 9.17) is 9.47 Å². The lowest BCUT2D eigenvalue weighted by Crippen LogP contribution is -2.47. The van der Waals surface area contributed by atoms with Gasteiger partial charge in [0.1, 0.15) is 18.2 Å². The van der Waals surface area contributed by atoms with Crippen LogP contribution in [0.1, 0.15) is 52.5 Å². The maximum atomic E-state index is 12.5. The van der Waals surface area contributed by atoms with Gasteiger partial charge < -0.3 is 9.47 Å². The molecule has 5 nitrogen and oxygen atoms in total. The highest BCUT2D eigenvalue weighted by Gasteiger charge is 2.42. The van der Waals surface area contributed by atoms with Crippen molar-refractivity contribution in [2.24, 2.45) is 0 Å². The van der Waals surface area contributed by atoms with Crippen molar-refractivity contribution in [1.82, 2.24) is 4.90 Å². The molecule has 132 valence electrons. The second kappa shape index (κ2) is 7.69. The number of hydrogen-bond donors (Lipinski definition) is 0. The second-order valence-corrected chi connectivity index (χ2v) is 7.14. The fourth-order valence-electron chi connectivity index (χ4n) is 2.93. The van der Waals surface area contributed by atoms with Gasteiger partial charge in [-0.25, -0.2) is 9.59 Å². The van der Waals surface area contributed by atoms with Crippen LogP contribution >= 0.6 is 0 Å². The van der Waals surface area contributed by atoms with Crippen molar-refractivity contribution in [3.63, 3.8) is 0 Å². The van der Waals surface area contributed by atoms with Gasteiger partial charge in [0, 0.05) is 6.04 Å². The smallest absolute Gasteiger partial charge is 0.411 e. The minimum atomic E-state index is -0.587. The highest BCUT2D eigenvalue weighted by molar-refractivity contribution is 5.82. The van der Waals surface area contributed by atoms with E-state index in [2.05, 4.69) is 0 Å². The third-order valence-electron chi connectivity index (χ3n) is 4.07. The quantitative estimate of drug-likeness (QED) is 0.784. The molecule has 1 aromatic rings. The van der Waals surface area contributed by atoms with Gasteiger partial charge in [-0.1, -0.05) is 37.3 Å². The van der Waals surface area contributed by atoms with Gasteiger partial charge >= 0.3 is 12.1 Å². The van der Waals surface area contributed by atoms with E-state index in [1.165, 1.54) is 0 Å². The molecule has 1 saturated heterocycles. The zero-order valence-corrected chi connectivity index (χ0v) is 15.0. The van der Waals surface area contributed by atoms with Gasteiger partial charge in [-0.05, 0) is 45.6 Å². The van der Waals surface area contributed by atoms with E-state index in [1.807, 2.05) is 58.0 Å². The molecule has 0 aliphatic carbocycles. The topological polar surface area (TPSA) is 55.8 Å². The van der Waals surface area contributed by atoms with Crippen molar-refractivity contribution in [2.75, 3.05) is 0 Å². The molecule has 0 N–H and O–H groups in total. The van der Waals surface area contributed by atoms with Crippen molar-refractivity contribution in [3.05, 3.63) is 35.9 Å². The normalized spacial score (nSPS) is 20.8. The Balaban J connectivity index is 2.03. The molecule has 1 aliphatic heterocycles. The van der Waals surface area contributed by atoms with E-state index in [0.29, 0.717) is 6.42 Å². The number of likely N-dealkylation sites (tertiary alicyclic amines) is 1. The van der Waals surface area contributed by atoms with Crippen LogP contribution in [0.2, 0.25) is 0 Å². The highest BCUT2D eigenvalue weighted by Crippen LogP contribution is 2.29. The molecule has 1 aliphatic rings. The number of carbonyl (C=O) groups is 2. The molecular weight excluding hydrogens is 306 g/mol. The van der Waals surface area contributed by atoms with E-state index >= 15 is 0 Å².